The Kier molecular flexibility index (Phi) is 8.22. The second-order valence-electron chi connectivity index (χ2n) is 12.6. The fourth-order valence-corrected chi connectivity index (χ4v) is 6.93. The highest BCUT2D eigenvalue weighted by Gasteiger charge is 2.44. The number of aliphatic hydroxyl groups excluding tert-OH is 2. The van der Waals surface area contributed by atoms with E-state index in [0.717, 1.165) is 31.2 Å². The summed E-state index contributed by atoms with van der Waals surface area (Å²) in [5.74, 6) is 1.22. The van der Waals surface area contributed by atoms with E-state index in [9.17, 15) is 10.2 Å². The highest BCUT2D eigenvalue weighted by Crippen LogP contribution is 2.40. The zero-order chi connectivity index (χ0) is 30.9. The van der Waals surface area contributed by atoms with Gasteiger partial charge in [-0.3, -0.25) is 4.68 Å². The lowest BCUT2D eigenvalue weighted by molar-refractivity contribution is 0.00722. The van der Waals surface area contributed by atoms with Crippen LogP contribution in [0.5, 0.6) is 0 Å². The minimum atomic E-state index is -1.01. The maximum absolute atomic E-state index is 11.3. The van der Waals surface area contributed by atoms with Gasteiger partial charge >= 0.3 is 0 Å². The first kappa shape index (κ1) is 29.4. The second-order valence-corrected chi connectivity index (χ2v) is 12.6. The second kappa shape index (κ2) is 12.6. The van der Waals surface area contributed by atoms with E-state index in [1.165, 1.54) is 11.1 Å². The Morgan fingerprint density at radius 1 is 0.911 bits per heavy atom. The number of hydrogen-bond donors (Lipinski definition) is 5. The molecule has 2 saturated carbocycles. The summed E-state index contributed by atoms with van der Waals surface area (Å²) in [6.45, 7) is 2.55. The van der Waals surface area contributed by atoms with E-state index in [4.69, 9.17) is 20.7 Å². The number of anilines is 2. The lowest BCUT2D eigenvalue weighted by atomic mass is 9.91. The lowest BCUT2D eigenvalue weighted by Gasteiger charge is -2.27. The molecule has 3 heterocycles. The normalized spacial score (nSPS) is 25.2. The first-order valence-electron chi connectivity index (χ1n) is 15.9. The molecular formula is C34H41N9O2. The van der Waals surface area contributed by atoms with Crippen molar-refractivity contribution in [1.82, 2.24) is 29.3 Å². The van der Waals surface area contributed by atoms with Crippen LogP contribution < -0.4 is 16.4 Å². The van der Waals surface area contributed by atoms with Gasteiger partial charge in [-0.25, -0.2) is 4.98 Å². The Morgan fingerprint density at radius 3 is 2.22 bits per heavy atom. The van der Waals surface area contributed by atoms with Crippen molar-refractivity contribution in [2.45, 2.75) is 81.3 Å². The molecule has 11 nitrogen and oxygen atoms in total. The highest BCUT2D eigenvalue weighted by molar-refractivity contribution is 5.84. The summed E-state index contributed by atoms with van der Waals surface area (Å²) in [6, 6.07) is 20.6. The Balaban J connectivity index is 1.23. The van der Waals surface area contributed by atoms with Crippen molar-refractivity contribution in [3.8, 4) is 0 Å². The summed E-state index contributed by atoms with van der Waals surface area (Å²) in [6.07, 6.45) is 7.67. The molecule has 7 rings (SSSR count). The molecule has 2 aromatic carbocycles. The molecule has 0 aliphatic heterocycles. The van der Waals surface area contributed by atoms with E-state index in [0.29, 0.717) is 35.9 Å². The third kappa shape index (κ3) is 6.03. The number of aliphatic hydroxyl groups is 2. The SMILES string of the molecule is Cc1cnn([C@H]2C[C@@H](n3cnc4c(NCC(c5ccccc5)c5ccccc5)nc(NC5CCC(N)CC5)nc43)[C@H](O)[C@@H]2O)c1. The predicted octanol–water partition coefficient (Wildman–Crippen LogP) is 4.16. The van der Waals surface area contributed by atoms with E-state index in [1.807, 2.05) is 29.8 Å². The molecule has 0 bridgehead atoms. The molecule has 2 fully saturated rings. The summed E-state index contributed by atoms with van der Waals surface area (Å²) in [7, 11) is 0. The molecule has 6 N–H and O–H groups in total. The number of benzene rings is 2. The Labute approximate surface area is 262 Å². The fourth-order valence-electron chi connectivity index (χ4n) is 6.93. The van der Waals surface area contributed by atoms with Crippen LogP contribution >= 0.6 is 0 Å². The number of aryl methyl sites for hydroxylation is 1. The molecule has 0 saturated heterocycles. The number of fused-ring (bicyclic) bond motifs is 1. The molecule has 3 aromatic heterocycles. The lowest BCUT2D eigenvalue weighted by Crippen LogP contribution is -2.33. The van der Waals surface area contributed by atoms with Gasteiger partial charge in [0, 0.05) is 30.7 Å². The number of imidazole rings is 1. The predicted molar refractivity (Wildman–Crippen MR) is 174 cm³/mol. The van der Waals surface area contributed by atoms with Crippen molar-refractivity contribution in [2.75, 3.05) is 17.2 Å². The summed E-state index contributed by atoms with van der Waals surface area (Å²) < 4.78 is 3.64. The topological polar surface area (TPSA) is 152 Å². The molecule has 0 amide bonds. The molecule has 5 aromatic rings. The van der Waals surface area contributed by atoms with Crippen LogP contribution in [0.3, 0.4) is 0 Å². The van der Waals surface area contributed by atoms with Crippen molar-refractivity contribution in [2.24, 2.45) is 5.73 Å². The third-order valence-corrected chi connectivity index (χ3v) is 9.45. The van der Waals surface area contributed by atoms with Crippen LogP contribution in [0.15, 0.2) is 79.4 Å². The Hall–Kier alpha value is -4.32. The number of nitrogens with two attached hydrogens (primary N) is 1. The van der Waals surface area contributed by atoms with Gasteiger partial charge in [0.25, 0.3) is 0 Å². The number of aromatic nitrogens is 6. The number of rotatable bonds is 9. The summed E-state index contributed by atoms with van der Waals surface area (Å²) in [4.78, 5) is 14.7. The van der Waals surface area contributed by atoms with E-state index in [2.05, 4.69) is 64.3 Å². The van der Waals surface area contributed by atoms with E-state index >= 15 is 0 Å². The molecule has 45 heavy (non-hydrogen) atoms. The maximum Gasteiger partial charge on any atom is 0.227 e. The fraction of sp³-hybridized carbons (Fsp3) is 0.412. The molecule has 2 aliphatic rings. The van der Waals surface area contributed by atoms with Crippen molar-refractivity contribution in [1.29, 1.82) is 0 Å². The van der Waals surface area contributed by atoms with Crippen molar-refractivity contribution in [3.05, 3.63) is 96.1 Å². The molecule has 2 aliphatic carbocycles. The molecule has 0 radical (unpaired) electrons. The van der Waals surface area contributed by atoms with E-state index in [-0.39, 0.29) is 24.0 Å². The van der Waals surface area contributed by atoms with Gasteiger partial charge in [-0.1, -0.05) is 60.7 Å². The first-order valence-corrected chi connectivity index (χ1v) is 15.9. The van der Waals surface area contributed by atoms with Gasteiger partial charge in [0.1, 0.15) is 12.2 Å². The number of nitrogens with zero attached hydrogens (tertiary/aromatic N) is 6. The minimum absolute atomic E-state index is 0.0841. The van der Waals surface area contributed by atoms with Crippen LogP contribution in [0, 0.1) is 6.92 Å². The van der Waals surface area contributed by atoms with Crippen molar-refractivity contribution >= 4 is 22.9 Å². The Morgan fingerprint density at radius 2 is 1.58 bits per heavy atom. The van der Waals surface area contributed by atoms with Crippen LogP contribution in [-0.2, 0) is 0 Å². The molecule has 234 valence electrons. The van der Waals surface area contributed by atoms with Crippen molar-refractivity contribution < 1.29 is 10.2 Å². The smallest absolute Gasteiger partial charge is 0.227 e. The minimum Gasteiger partial charge on any atom is -0.388 e. The summed E-state index contributed by atoms with van der Waals surface area (Å²) in [5.41, 5.74) is 10.8. The average molecular weight is 608 g/mol. The van der Waals surface area contributed by atoms with E-state index in [1.54, 1.807) is 17.2 Å². The van der Waals surface area contributed by atoms with Crippen LogP contribution in [0.4, 0.5) is 11.8 Å². The van der Waals surface area contributed by atoms with Gasteiger partial charge in [0.15, 0.2) is 17.0 Å². The van der Waals surface area contributed by atoms with Gasteiger partial charge in [-0.05, 0) is 55.7 Å². The summed E-state index contributed by atoms with van der Waals surface area (Å²) in [5, 5.41) is 33.9. The van der Waals surface area contributed by atoms with Gasteiger partial charge in [0.05, 0.1) is 24.6 Å². The van der Waals surface area contributed by atoms with Gasteiger partial charge < -0.3 is 31.1 Å². The molecule has 0 spiro atoms. The van der Waals surface area contributed by atoms with E-state index < -0.39 is 18.2 Å². The van der Waals surface area contributed by atoms with Crippen LogP contribution in [0.1, 0.15) is 66.8 Å². The highest BCUT2D eigenvalue weighted by atomic mass is 16.3. The van der Waals surface area contributed by atoms with Crippen LogP contribution in [0.25, 0.3) is 11.2 Å². The average Bonchev–Trinajstić information content (AvgIpc) is 3.76. The monoisotopic (exact) mass is 607 g/mol. The Bertz CT molecular complexity index is 1680. The molecule has 4 atom stereocenters. The van der Waals surface area contributed by atoms with Crippen LogP contribution in [-0.4, -0.2) is 70.3 Å². The quantitative estimate of drug-likeness (QED) is 0.166. The van der Waals surface area contributed by atoms with Gasteiger partial charge in [0.2, 0.25) is 5.95 Å². The van der Waals surface area contributed by atoms with Crippen LogP contribution in [0.2, 0.25) is 0 Å². The maximum atomic E-state index is 11.3. The largest absolute Gasteiger partial charge is 0.388 e. The van der Waals surface area contributed by atoms with Crippen molar-refractivity contribution in [3.63, 3.8) is 0 Å². The standard InChI is InChI=1S/C34H41N9O2/c1-21-17-38-43(19-21)28-16-27(30(44)31(28)45)42-20-37-29-32(40-34(41-33(29)42)39-25-14-12-24(35)13-15-25)36-18-26(22-8-4-2-5-9-22)23-10-6-3-7-11-23/h2-11,17,19-20,24-28,30-31,44-45H,12-16,18,35H2,1H3,(H2,36,39,40,41)/t24?,25?,27-,28+,30+,31-/m1/s1. The zero-order valence-corrected chi connectivity index (χ0v) is 25.4. The number of nitrogens with one attached hydrogen (secondary N) is 2. The zero-order valence-electron chi connectivity index (χ0n) is 25.4. The van der Waals surface area contributed by atoms with Gasteiger partial charge in [-0.2, -0.15) is 15.1 Å². The summed E-state index contributed by atoms with van der Waals surface area (Å²) >= 11 is 0. The molecular weight excluding hydrogens is 566 g/mol. The third-order valence-electron chi connectivity index (χ3n) is 9.45. The first-order chi connectivity index (χ1) is 21.9. The van der Waals surface area contributed by atoms with Gasteiger partial charge in [-0.15, -0.1) is 0 Å². The number of hydrogen-bond acceptors (Lipinski definition) is 9. The molecule has 11 heteroatoms. The molecule has 0 unspecified atom stereocenters.